The van der Waals surface area contributed by atoms with Gasteiger partial charge in [-0.2, -0.15) is 0 Å². The van der Waals surface area contributed by atoms with Crippen molar-refractivity contribution in [2.24, 2.45) is 0 Å². The van der Waals surface area contributed by atoms with Gasteiger partial charge in [-0.15, -0.1) is 11.3 Å². The fourth-order valence-electron chi connectivity index (χ4n) is 4.79. The Morgan fingerprint density at radius 3 is 2.70 bits per heavy atom. The molecule has 2 fully saturated rings. The van der Waals surface area contributed by atoms with Crippen molar-refractivity contribution in [3.8, 4) is 10.6 Å². The number of thiophene rings is 1. The van der Waals surface area contributed by atoms with Gasteiger partial charge in [0.15, 0.2) is 5.76 Å². The van der Waals surface area contributed by atoms with Gasteiger partial charge < -0.3 is 19.3 Å². The molecule has 1 amide bonds. The third kappa shape index (κ3) is 4.33. The number of para-hydroxylation sites is 1. The van der Waals surface area contributed by atoms with Gasteiger partial charge in [0, 0.05) is 42.1 Å². The average molecular weight is 481 g/mol. The number of carbonyl (C=O) groups is 1. The van der Waals surface area contributed by atoms with E-state index in [9.17, 15) is 4.79 Å². The molecule has 1 saturated heterocycles. The molecule has 0 bridgehead atoms. The van der Waals surface area contributed by atoms with Gasteiger partial charge in [0.1, 0.15) is 11.4 Å². The number of halogens is 1. The van der Waals surface area contributed by atoms with E-state index in [1.54, 1.807) is 0 Å². The van der Waals surface area contributed by atoms with Crippen LogP contribution in [0.4, 0.5) is 0 Å². The van der Waals surface area contributed by atoms with Crippen LogP contribution in [-0.2, 0) is 6.54 Å². The number of benzene rings is 1. The summed E-state index contributed by atoms with van der Waals surface area (Å²) in [4.78, 5) is 16.9. The van der Waals surface area contributed by atoms with Crippen LogP contribution in [0.5, 0.6) is 0 Å². The Morgan fingerprint density at radius 1 is 1.12 bits per heavy atom. The minimum absolute atomic E-state index is 0.0233. The summed E-state index contributed by atoms with van der Waals surface area (Å²) in [6.45, 7) is 2.61. The van der Waals surface area contributed by atoms with Crippen LogP contribution in [0, 0.1) is 0 Å². The van der Waals surface area contributed by atoms with Crippen molar-refractivity contribution in [3.05, 3.63) is 64.3 Å². The Balaban J connectivity index is 1.23. The normalized spacial score (nSPS) is 17.6. The predicted octanol–water partition coefficient (Wildman–Crippen LogP) is 5.42. The molecule has 1 saturated carbocycles. The summed E-state index contributed by atoms with van der Waals surface area (Å²) in [6, 6.07) is 16.8. The van der Waals surface area contributed by atoms with Crippen LogP contribution in [0.25, 0.3) is 21.5 Å². The number of nitrogens with one attached hydrogen (secondary N) is 1. The highest BCUT2D eigenvalue weighted by Gasteiger charge is 2.32. The van der Waals surface area contributed by atoms with Gasteiger partial charge in [0.25, 0.3) is 5.91 Å². The Hall–Kier alpha value is -2.61. The largest absolute Gasteiger partial charge is 0.355 e. The fourth-order valence-corrected chi connectivity index (χ4v) is 5.78. The van der Waals surface area contributed by atoms with Crippen molar-refractivity contribution in [2.45, 2.75) is 44.3 Å². The van der Waals surface area contributed by atoms with Gasteiger partial charge in [-0.05, 0) is 49.9 Å². The summed E-state index contributed by atoms with van der Waals surface area (Å²) in [5.74, 6) is 0.664. The number of hydrogen-bond acceptors (Lipinski definition) is 5. The molecule has 6 nitrogen and oxygen atoms in total. The van der Waals surface area contributed by atoms with Crippen LogP contribution in [0.2, 0.25) is 4.34 Å². The second kappa shape index (κ2) is 8.63. The number of carbonyl (C=O) groups excluding carboxylic acids is 1. The minimum atomic E-state index is -0.0233. The first-order valence-electron chi connectivity index (χ1n) is 11.5. The summed E-state index contributed by atoms with van der Waals surface area (Å²) in [5.41, 5.74) is 2.43. The van der Waals surface area contributed by atoms with Crippen LogP contribution in [0.1, 0.15) is 41.9 Å². The molecule has 8 heteroatoms. The van der Waals surface area contributed by atoms with Crippen LogP contribution < -0.4 is 5.32 Å². The number of likely N-dealkylation sites (tertiary alicyclic amines) is 1. The van der Waals surface area contributed by atoms with E-state index in [0.29, 0.717) is 22.3 Å². The molecular formula is C25H25ClN4O2S. The molecule has 0 unspecified atom stereocenters. The Labute approximate surface area is 201 Å². The lowest BCUT2D eigenvalue weighted by atomic mass is 10.0. The van der Waals surface area contributed by atoms with E-state index in [4.69, 9.17) is 16.1 Å². The SMILES string of the molecule is O=C(NC1CCN(C2CC2)CC1)c1cc2ccccc2n1Cc1cc(-c2ccc(Cl)s2)on1. The summed E-state index contributed by atoms with van der Waals surface area (Å²) < 4.78 is 8.31. The fraction of sp³-hybridized carbons (Fsp3) is 0.360. The molecule has 3 aromatic heterocycles. The molecule has 0 atom stereocenters. The van der Waals surface area contributed by atoms with Gasteiger partial charge in [0.2, 0.25) is 0 Å². The topological polar surface area (TPSA) is 63.3 Å². The van der Waals surface area contributed by atoms with Gasteiger partial charge in [-0.1, -0.05) is 35.0 Å². The Morgan fingerprint density at radius 2 is 1.94 bits per heavy atom. The zero-order valence-electron chi connectivity index (χ0n) is 18.2. The minimum Gasteiger partial charge on any atom is -0.355 e. The maximum Gasteiger partial charge on any atom is 0.268 e. The molecule has 6 rings (SSSR count). The average Bonchev–Trinajstić information content (AvgIpc) is 3.23. The molecule has 33 heavy (non-hydrogen) atoms. The lowest BCUT2D eigenvalue weighted by Gasteiger charge is -2.32. The number of piperidine rings is 1. The Bertz CT molecular complexity index is 1300. The molecule has 0 radical (unpaired) electrons. The zero-order valence-corrected chi connectivity index (χ0v) is 19.7. The monoisotopic (exact) mass is 480 g/mol. The number of hydrogen-bond donors (Lipinski definition) is 1. The van der Waals surface area contributed by atoms with Crippen molar-refractivity contribution in [3.63, 3.8) is 0 Å². The van der Waals surface area contributed by atoms with E-state index >= 15 is 0 Å². The van der Waals surface area contributed by atoms with E-state index in [1.807, 2.05) is 53.1 Å². The van der Waals surface area contributed by atoms with Crippen molar-refractivity contribution >= 4 is 39.7 Å². The van der Waals surface area contributed by atoms with Gasteiger partial charge in [0.05, 0.1) is 15.8 Å². The van der Waals surface area contributed by atoms with Crippen molar-refractivity contribution < 1.29 is 9.32 Å². The lowest BCUT2D eigenvalue weighted by Crippen LogP contribution is -2.45. The third-order valence-corrected chi connectivity index (χ3v) is 7.91. The highest BCUT2D eigenvalue weighted by molar-refractivity contribution is 7.19. The summed E-state index contributed by atoms with van der Waals surface area (Å²) in [6.07, 6.45) is 4.69. The molecule has 170 valence electrons. The van der Waals surface area contributed by atoms with Gasteiger partial charge in [-0.25, -0.2) is 0 Å². The molecule has 1 aromatic carbocycles. The standard InChI is InChI=1S/C25H25ClN4O2S/c26-24-8-7-23(33-24)22-14-18(28-32-22)15-30-20-4-2-1-3-16(20)13-21(30)25(31)27-17-9-11-29(12-10-17)19-5-6-19/h1-4,7-8,13-14,17,19H,5-6,9-12,15H2,(H,27,31). The van der Waals surface area contributed by atoms with Gasteiger partial charge in [-0.3, -0.25) is 4.79 Å². The van der Waals surface area contributed by atoms with E-state index in [-0.39, 0.29) is 11.9 Å². The first-order valence-corrected chi connectivity index (χ1v) is 12.7. The van der Waals surface area contributed by atoms with E-state index in [2.05, 4.69) is 15.4 Å². The number of amides is 1. The lowest BCUT2D eigenvalue weighted by molar-refractivity contribution is 0.0900. The molecule has 0 spiro atoms. The molecule has 2 aliphatic rings. The highest BCUT2D eigenvalue weighted by atomic mass is 35.5. The highest BCUT2D eigenvalue weighted by Crippen LogP contribution is 2.32. The maximum absolute atomic E-state index is 13.3. The number of aromatic nitrogens is 2. The molecular weight excluding hydrogens is 456 g/mol. The quantitative estimate of drug-likeness (QED) is 0.400. The second-order valence-corrected chi connectivity index (χ2v) is 10.7. The first-order chi connectivity index (χ1) is 16.1. The van der Waals surface area contributed by atoms with Crippen LogP contribution in [-0.4, -0.2) is 45.7 Å². The van der Waals surface area contributed by atoms with Crippen LogP contribution >= 0.6 is 22.9 Å². The summed E-state index contributed by atoms with van der Waals surface area (Å²) >= 11 is 7.52. The second-order valence-electron chi connectivity index (χ2n) is 8.98. The molecule has 1 N–H and O–H groups in total. The summed E-state index contributed by atoms with van der Waals surface area (Å²) in [5, 5.41) is 8.60. The summed E-state index contributed by atoms with van der Waals surface area (Å²) in [7, 11) is 0. The molecule has 4 heterocycles. The van der Waals surface area contributed by atoms with Crippen LogP contribution in [0.15, 0.2) is 53.1 Å². The van der Waals surface area contributed by atoms with Crippen molar-refractivity contribution in [1.82, 2.24) is 19.9 Å². The Kier molecular flexibility index (Phi) is 5.48. The smallest absolute Gasteiger partial charge is 0.268 e. The van der Waals surface area contributed by atoms with E-state index in [1.165, 1.54) is 24.2 Å². The van der Waals surface area contributed by atoms with Crippen LogP contribution in [0.3, 0.4) is 0 Å². The third-order valence-electron chi connectivity index (χ3n) is 6.67. The zero-order chi connectivity index (χ0) is 22.4. The number of nitrogens with zero attached hydrogens (tertiary/aromatic N) is 3. The van der Waals surface area contributed by atoms with E-state index < -0.39 is 0 Å². The molecule has 1 aliphatic heterocycles. The first kappa shape index (κ1) is 21.0. The maximum atomic E-state index is 13.3. The van der Waals surface area contributed by atoms with Crippen molar-refractivity contribution in [1.29, 1.82) is 0 Å². The molecule has 4 aromatic rings. The van der Waals surface area contributed by atoms with E-state index in [0.717, 1.165) is 53.4 Å². The number of rotatable bonds is 6. The van der Waals surface area contributed by atoms with Crippen molar-refractivity contribution in [2.75, 3.05) is 13.1 Å². The number of fused-ring (bicyclic) bond motifs is 1. The predicted molar refractivity (Wildman–Crippen MR) is 131 cm³/mol. The van der Waals surface area contributed by atoms with Gasteiger partial charge >= 0.3 is 0 Å². The molecule has 1 aliphatic carbocycles.